The third kappa shape index (κ3) is 2.33. The van der Waals surface area contributed by atoms with E-state index in [-0.39, 0.29) is 12.1 Å². The van der Waals surface area contributed by atoms with E-state index in [1.165, 1.54) is 5.56 Å². The van der Waals surface area contributed by atoms with E-state index in [1.807, 2.05) is 12.1 Å². The molecule has 0 radical (unpaired) electrons. The van der Waals surface area contributed by atoms with E-state index < -0.39 is 0 Å². The summed E-state index contributed by atoms with van der Waals surface area (Å²) in [5, 5.41) is 3.93. The summed E-state index contributed by atoms with van der Waals surface area (Å²) in [5.41, 5.74) is 7.50. The Morgan fingerprint density at radius 2 is 2.21 bits per heavy atom. The molecule has 5 heteroatoms. The zero-order valence-corrected chi connectivity index (χ0v) is 11.1. The number of nitrogens with zero attached hydrogens (tertiary/aromatic N) is 2. The SMILES string of the molecule is CC1(C)CCc2cc(-c3noc(CN)n3)ccc2O1. The Bertz CT molecular complexity index is 604. The largest absolute Gasteiger partial charge is 0.488 e. The molecule has 0 spiro atoms. The van der Waals surface area contributed by atoms with Gasteiger partial charge in [0.25, 0.3) is 0 Å². The summed E-state index contributed by atoms with van der Waals surface area (Å²) >= 11 is 0. The van der Waals surface area contributed by atoms with Gasteiger partial charge in [0.15, 0.2) is 0 Å². The van der Waals surface area contributed by atoms with Gasteiger partial charge in [-0.15, -0.1) is 0 Å². The first kappa shape index (κ1) is 12.2. The first-order valence-electron chi connectivity index (χ1n) is 6.42. The number of benzene rings is 1. The van der Waals surface area contributed by atoms with Gasteiger partial charge in [-0.3, -0.25) is 0 Å². The molecule has 0 fully saturated rings. The Morgan fingerprint density at radius 1 is 1.37 bits per heavy atom. The fourth-order valence-corrected chi connectivity index (χ4v) is 2.25. The summed E-state index contributed by atoms with van der Waals surface area (Å²) in [5.74, 6) is 1.97. The molecule has 1 aromatic heterocycles. The Kier molecular flexibility index (Phi) is 2.78. The van der Waals surface area contributed by atoms with Crippen molar-refractivity contribution >= 4 is 0 Å². The number of fused-ring (bicyclic) bond motifs is 1. The van der Waals surface area contributed by atoms with Gasteiger partial charge in [-0.25, -0.2) is 0 Å². The highest BCUT2D eigenvalue weighted by Crippen LogP contribution is 2.35. The predicted molar refractivity (Wildman–Crippen MR) is 70.7 cm³/mol. The van der Waals surface area contributed by atoms with Crippen LogP contribution in [0.5, 0.6) is 5.75 Å². The number of ether oxygens (including phenoxy) is 1. The van der Waals surface area contributed by atoms with E-state index in [1.54, 1.807) is 0 Å². The fraction of sp³-hybridized carbons (Fsp3) is 0.429. The van der Waals surface area contributed by atoms with E-state index in [4.69, 9.17) is 15.0 Å². The van der Waals surface area contributed by atoms with Crippen molar-refractivity contribution in [3.8, 4) is 17.1 Å². The quantitative estimate of drug-likeness (QED) is 0.895. The molecule has 0 bridgehead atoms. The van der Waals surface area contributed by atoms with Gasteiger partial charge in [0, 0.05) is 5.56 Å². The predicted octanol–water partition coefficient (Wildman–Crippen LogP) is 2.30. The number of hydrogen-bond donors (Lipinski definition) is 1. The van der Waals surface area contributed by atoms with Crippen LogP contribution in [-0.2, 0) is 13.0 Å². The maximum Gasteiger partial charge on any atom is 0.240 e. The minimum absolute atomic E-state index is 0.0899. The van der Waals surface area contributed by atoms with Crippen LogP contribution >= 0.6 is 0 Å². The van der Waals surface area contributed by atoms with Crippen LogP contribution < -0.4 is 10.5 Å². The molecule has 0 aliphatic carbocycles. The second-order valence-electron chi connectivity index (χ2n) is 5.40. The lowest BCUT2D eigenvalue weighted by molar-refractivity contribution is 0.0847. The smallest absolute Gasteiger partial charge is 0.240 e. The number of aromatic nitrogens is 2. The van der Waals surface area contributed by atoms with Gasteiger partial charge in [-0.2, -0.15) is 4.98 Å². The van der Waals surface area contributed by atoms with E-state index in [0.717, 1.165) is 24.2 Å². The molecule has 0 unspecified atom stereocenters. The Labute approximate surface area is 111 Å². The highest BCUT2D eigenvalue weighted by atomic mass is 16.5. The molecule has 2 N–H and O–H groups in total. The standard InChI is InChI=1S/C14H17N3O2/c1-14(2)6-5-9-7-10(3-4-11(9)18-14)13-16-12(8-15)19-17-13/h3-4,7H,5-6,8,15H2,1-2H3. The third-order valence-electron chi connectivity index (χ3n) is 3.34. The molecule has 19 heavy (non-hydrogen) atoms. The van der Waals surface area contributed by atoms with Crippen LogP contribution in [0.3, 0.4) is 0 Å². The zero-order chi connectivity index (χ0) is 13.5. The summed E-state index contributed by atoms with van der Waals surface area (Å²) in [7, 11) is 0. The van der Waals surface area contributed by atoms with E-state index in [2.05, 4.69) is 30.1 Å². The molecule has 0 atom stereocenters. The fourth-order valence-electron chi connectivity index (χ4n) is 2.25. The lowest BCUT2D eigenvalue weighted by Crippen LogP contribution is -2.32. The lowest BCUT2D eigenvalue weighted by Gasteiger charge is -2.32. The summed E-state index contributed by atoms with van der Waals surface area (Å²) in [6.45, 7) is 4.47. The average Bonchev–Trinajstić information content (AvgIpc) is 2.86. The molecule has 0 amide bonds. The minimum Gasteiger partial charge on any atom is -0.488 e. The van der Waals surface area contributed by atoms with E-state index in [0.29, 0.717) is 11.7 Å². The Balaban J connectivity index is 1.94. The molecule has 1 aliphatic heterocycles. The monoisotopic (exact) mass is 259 g/mol. The molecule has 5 nitrogen and oxygen atoms in total. The normalized spacial score (nSPS) is 16.8. The van der Waals surface area contributed by atoms with E-state index >= 15 is 0 Å². The van der Waals surface area contributed by atoms with Gasteiger partial charge in [0.1, 0.15) is 11.4 Å². The molecule has 1 aliphatic rings. The van der Waals surface area contributed by atoms with Crippen molar-refractivity contribution in [3.63, 3.8) is 0 Å². The van der Waals surface area contributed by atoms with Crippen molar-refractivity contribution < 1.29 is 9.26 Å². The van der Waals surface area contributed by atoms with Gasteiger partial charge in [-0.05, 0) is 50.5 Å². The number of nitrogens with two attached hydrogens (primary N) is 1. The molecule has 3 rings (SSSR count). The van der Waals surface area contributed by atoms with Gasteiger partial charge in [-0.1, -0.05) is 5.16 Å². The molecule has 2 aromatic rings. The van der Waals surface area contributed by atoms with Crippen molar-refractivity contribution in [3.05, 3.63) is 29.7 Å². The van der Waals surface area contributed by atoms with Gasteiger partial charge < -0.3 is 15.0 Å². The number of hydrogen-bond acceptors (Lipinski definition) is 5. The Morgan fingerprint density at radius 3 is 2.95 bits per heavy atom. The second kappa shape index (κ2) is 4.35. The minimum atomic E-state index is -0.0899. The summed E-state index contributed by atoms with van der Waals surface area (Å²) in [6.07, 6.45) is 2.00. The first-order valence-corrected chi connectivity index (χ1v) is 6.42. The number of aryl methyl sites for hydroxylation is 1. The summed E-state index contributed by atoms with van der Waals surface area (Å²) in [6, 6.07) is 5.99. The maximum absolute atomic E-state index is 5.95. The second-order valence-corrected chi connectivity index (χ2v) is 5.40. The molecule has 100 valence electrons. The molecular formula is C14H17N3O2. The summed E-state index contributed by atoms with van der Waals surface area (Å²) in [4.78, 5) is 4.23. The van der Waals surface area contributed by atoms with Crippen LogP contribution in [0.1, 0.15) is 31.7 Å². The Hall–Kier alpha value is -1.88. The van der Waals surface area contributed by atoms with Crippen molar-refractivity contribution in [2.24, 2.45) is 5.73 Å². The van der Waals surface area contributed by atoms with Crippen molar-refractivity contribution in [2.75, 3.05) is 0 Å². The number of rotatable bonds is 2. The highest BCUT2D eigenvalue weighted by molar-refractivity contribution is 5.58. The highest BCUT2D eigenvalue weighted by Gasteiger charge is 2.26. The maximum atomic E-state index is 5.95. The molecule has 1 aromatic carbocycles. The van der Waals surface area contributed by atoms with Crippen LogP contribution in [0, 0.1) is 0 Å². The molecular weight excluding hydrogens is 242 g/mol. The van der Waals surface area contributed by atoms with E-state index in [9.17, 15) is 0 Å². The van der Waals surface area contributed by atoms with Crippen LogP contribution in [0.4, 0.5) is 0 Å². The summed E-state index contributed by atoms with van der Waals surface area (Å²) < 4.78 is 11.0. The topological polar surface area (TPSA) is 74.2 Å². The van der Waals surface area contributed by atoms with Gasteiger partial charge in [0.05, 0.1) is 6.54 Å². The van der Waals surface area contributed by atoms with Crippen LogP contribution in [0.2, 0.25) is 0 Å². The van der Waals surface area contributed by atoms with Gasteiger partial charge in [0.2, 0.25) is 11.7 Å². The van der Waals surface area contributed by atoms with Crippen LogP contribution in [0.25, 0.3) is 11.4 Å². The van der Waals surface area contributed by atoms with Crippen molar-refractivity contribution in [2.45, 2.75) is 38.8 Å². The van der Waals surface area contributed by atoms with Crippen molar-refractivity contribution in [1.29, 1.82) is 0 Å². The average molecular weight is 259 g/mol. The van der Waals surface area contributed by atoms with Crippen LogP contribution in [-0.4, -0.2) is 15.7 Å². The zero-order valence-electron chi connectivity index (χ0n) is 11.1. The molecule has 0 saturated heterocycles. The van der Waals surface area contributed by atoms with Crippen molar-refractivity contribution in [1.82, 2.24) is 10.1 Å². The first-order chi connectivity index (χ1) is 9.07. The molecule has 0 saturated carbocycles. The lowest BCUT2D eigenvalue weighted by atomic mass is 9.93. The van der Waals surface area contributed by atoms with Crippen LogP contribution in [0.15, 0.2) is 22.7 Å². The molecule has 2 heterocycles. The van der Waals surface area contributed by atoms with Gasteiger partial charge >= 0.3 is 0 Å². The third-order valence-corrected chi connectivity index (χ3v) is 3.34.